The molecule has 76 valence electrons. The minimum atomic E-state index is -0.314. The molecule has 1 fully saturated rings. The van der Waals surface area contributed by atoms with E-state index in [1.54, 1.807) is 12.1 Å². The first-order valence-corrected chi connectivity index (χ1v) is 5.37. The van der Waals surface area contributed by atoms with Crippen molar-refractivity contribution in [2.75, 3.05) is 13.1 Å². The number of hydrogen-bond donors (Lipinski definition) is 1. The molecule has 1 saturated heterocycles. The van der Waals surface area contributed by atoms with Crippen LogP contribution in [-0.4, -0.2) is 19.2 Å². The van der Waals surface area contributed by atoms with Gasteiger partial charge in [-0.05, 0) is 31.2 Å². The molecule has 1 atom stereocenters. The van der Waals surface area contributed by atoms with Gasteiger partial charge in [0, 0.05) is 11.0 Å². The molecule has 0 spiro atoms. The van der Waals surface area contributed by atoms with Crippen LogP contribution in [0.5, 0.6) is 5.75 Å². The van der Waals surface area contributed by atoms with Crippen molar-refractivity contribution in [1.82, 2.24) is 5.32 Å². The minimum absolute atomic E-state index is 0.102. The summed E-state index contributed by atoms with van der Waals surface area (Å²) in [5.41, 5.74) is 0. The van der Waals surface area contributed by atoms with E-state index in [4.69, 9.17) is 4.74 Å². The molecule has 0 amide bonds. The molecule has 0 unspecified atom stereocenters. The molecule has 0 aliphatic carbocycles. The molecule has 1 aliphatic rings. The van der Waals surface area contributed by atoms with Crippen LogP contribution in [0.3, 0.4) is 0 Å². The molecule has 2 nitrogen and oxygen atoms in total. The highest BCUT2D eigenvalue weighted by molar-refractivity contribution is 9.10. The minimum Gasteiger partial charge on any atom is -0.486 e. The van der Waals surface area contributed by atoms with E-state index in [1.165, 1.54) is 6.07 Å². The Kier molecular flexibility index (Phi) is 3.03. The molecule has 2 rings (SSSR count). The van der Waals surface area contributed by atoms with Crippen LogP contribution in [0.1, 0.15) is 6.42 Å². The normalized spacial score (nSPS) is 21.1. The Hall–Kier alpha value is -0.610. The average Bonchev–Trinajstić information content (AvgIpc) is 2.62. The van der Waals surface area contributed by atoms with E-state index < -0.39 is 0 Å². The van der Waals surface area contributed by atoms with E-state index >= 15 is 0 Å². The van der Waals surface area contributed by atoms with Gasteiger partial charge >= 0.3 is 0 Å². The summed E-state index contributed by atoms with van der Waals surface area (Å²) in [6.07, 6.45) is 1.04. The van der Waals surface area contributed by atoms with Crippen LogP contribution in [0.2, 0.25) is 0 Å². The van der Waals surface area contributed by atoms with Gasteiger partial charge in [-0.1, -0.05) is 15.9 Å². The van der Waals surface area contributed by atoms with Crippen molar-refractivity contribution in [3.05, 3.63) is 28.5 Å². The lowest BCUT2D eigenvalue weighted by atomic mass is 10.3. The summed E-state index contributed by atoms with van der Waals surface area (Å²) in [5.74, 6) is 0.0215. The Morgan fingerprint density at radius 2 is 2.36 bits per heavy atom. The smallest absolute Gasteiger partial charge is 0.166 e. The average molecular weight is 260 g/mol. The Morgan fingerprint density at radius 3 is 3.00 bits per heavy atom. The lowest BCUT2D eigenvalue weighted by Gasteiger charge is -2.12. The third-order valence-corrected chi connectivity index (χ3v) is 2.70. The molecule has 1 aliphatic heterocycles. The van der Waals surface area contributed by atoms with Gasteiger partial charge in [-0.15, -0.1) is 0 Å². The van der Waals surface area contributed by atoms with Gasteiger partial charge in [-0.3, -0.25) is 0 Å². The largest absolute Gasteiger partial charge is 0.486 e. The predicted octanol–water partition coefficient (Wildman–Crippen LogP) is 2.33. The SMILES string of the molecule is Fc1cc(Br)ccc1O[C@@H]1CCNC1. The van der Waals surface area contributed by atoms with Gasteiger partial charge in [0.25, 0.3) is 0 Å². The van der Waals surface area contributed by atoms with Gasteiger partial charge in [0.2, 0.25) is 0 Å². The standard InChI is InChI=1S/C10H11BrFNO/c11-7-1-2-10(9(12)5-7)14-8-3-4-13-6-8/h1-2,5,8,13H,3-4,6H2/t8-/m1/s1. The van der Waals surface area contributed by atoms with E-state index in [9.17, 15) is 4.39 Å². The van der Waals surface area contributed by atoms with Crippen LogP contribution < -0.4 is 10.1 Å². The molecule has 1 aromatic carbocycles. The summed E-state index contributed by atoms with van der Waals surface area (Å²) in [7, 11) is 0. The molecule has 1 aromatic rings. The van der Waals surface area contributed by atoms with Crippen LogP contribution in [0.15, 0.2) is 22.7 Å². The first kappa shape index (κ1) is 9.93. The number of ether oxygens (including phenoxy) is 1. The van der Waals surface area contributed by atoms with Gasteiger partial charge in [0.05, 0.1) is 0 Å². The zero-order valence-corrected chi connectivity index (χ0v) is 9.18. The Labute approximate surface area is 90.6 Å². The fourth-order valence-corrected chi connectivity index (χ4v) is 1.81. The second-order valence-electron chi connectivity index (χ2n) is 3.31. The summed E-state index contributed by atoms with van der Waals surface area (Å²) in [5, 5.41) is 3.17. The summed E-state index contributed by atoms with van der Waals surface area (Å²) in [6, 6.07) is 4.84. The van der Waals surface area contributed by atoms with Gasteiger partial charge in [0.1, 0.15) is 6.10 Å². The predicted molar refractivity (Wildman–Crippen MR) is 56.0 cm³/mol. The third kappa shape index (κ3) is 2.25. The van der Waals surface area contributed by atoms with Crippen molar-refractivity contribution < 1.29 is 9.13 Å². The van der Waals surface area contributed by atoms with E-state index in [2.05, 4.69) is 21.2 Å². The lowest BCUT2D eigenvalue weighted by Crippen LogP contribution is -2.20. The maximum absolute atomic E-state index is 13.3. The van der Waals surface area contributed by atoms with E-state index in [0.29, 0.717) is 5.75 Å². The Bertz CT molecular complexity index is 326. The number of rotatable bonds is 2. The Morgan fingerprint density at radius 1 is 1.50 bits per heavy atom. The summed E-state index contributed by atoms with van der Waals surface area (Å²) < 4.78 is 19.6. The second-order valence-corrected chi connectivity index (χ2v) is 4.22. The van der Waals surface area contributed by atoms with Crippen LogP contribution in [-0.2, 0) is 0 Å². The molecular formula is C10H11BrFNO. The van der Waals surface area contributed by atoms with Gasteiger partial charge < -0.3 is 10.1 Å². The zero-order chi connectivity index (χ0) is 9.97. The third-order valence-electron chi connectivity index (χ3n) is 2.20. The van der Waals surface area contributed by atoms with Crippen LogP contribution >= 0.6 is 15.9 Å². The number of hydrogen-bond acceptors (Lipinski definition) is 2. The first-order valence-electron chi connectivity index (χ1n) is 4.58. The summed E-state index contributed by atoms with van der Waals surface area (Å²) in [4.78, 5) is 0. The van der Waals surface area contributed by atoms with Crippen molar-refractivity contribution in [2.24, 2.45) is 0 Å². The number of halogens is 2. The van der Waals surface area contributed by atoms with E-state index in [-0.39, 0.29) is 11.9 Å². The molecular weight excluding hydrogens is 249 g/mol. The van der Waals surface area contributed by atoms with E-state index in [0.717, 1.165) is 24.0 Å². The number of nitrogens with one attached hydrogen (secondary N) is 1. The fraction of sp³-hybridized carbons (Fsp3) is 0.400. The van der Waals surface area contributed by atoms with Crippen molar-refractivity contribution in [3.8, 4) is 5.75 Å². The Balaban J connectivity index is 2.08. The number of benzene rings is 1. The topological polar surface area (TPSA) is 21.3 Å². The van der Waals surface area contributed by atoms with Crippen molar-refractivity contribution in [2.45, 2.75) is 12.5 Å². The van der Waals surface area contributed by atoms with Crippen LogP contribution in [0.25, 0.3) is 0 Å². The molecule has 1 heterocycles. The maximum atomic E-state index is 13.3. The summed E-state index contributed by atoms with van der Waals surface area (Å²) in [6.45, 7) is 1.75. The molecule has 0 saturated carbocycles. The van der Waals surface area contributed by atoms with E-state index in [1.807, 2.05) is 0 Å². The highest BCUT2D eigenvalue weighted by Crippen LogP contribution is 2.23. The van der Waals surface area contributed by atoms with Crippen molar-refractivity contribution >= 4 is 15.9 Å². The van der Waals surface area contributed by atoms with Crippen LogP contribution in [0, 0.1) is 5.82 Å². The molecule has 14 heavy (non-hydrogen) atoms. The van der Waals surface area contributed by atoms with Gasteiger partial charge in [-0.25, -0.2) is 4.39 Å². The first-order chi connectivity index (χ1) is 6.75. The zero-order valence-electron chi connectivity index (χ0n) is 7.59. The highest BCUT2D eigenvalue weighted by atomic mass is 79.9. The molecule has 0 radical (unpaired) electrons. The maximum Gasteiger partial charge on any atom is 0.166 e. The highest BCUT2D eigenvalue weighted by Gasteiger charge is 2.17. The van der Waals surface area contributed by atoms with Gasteiger partial charge in [-0.2, -0.15) is 0 Å². The van der Waals surface area contributed by atoms with Gasteiger partial charge in [0.15, 0.2) is 11.6 Å². The molecule has 4 heteroatoms. The molecule has 0 aromatic heterocycles. The quantitative estimate of drug-likeness (QED) is 0.881. The van der Waals surface area contributed by atoms with Crippen molar-refractivity contribution in [1.29, 1.82) is 0 Å². The fourth-order valence-electron chi connectivity index (χ4n) is 1.48. The van der Waals surface area contributed by atoms with Crippen LogP contribution in [0.4, 0.5) is 4.39 Å². The lowest BCUT2D eigenvalue weighted by molar-refractivity contribution is 0.213. The monoisotopic (exact) mass is 259 g/mol. The molecule has 0 bridgehead atoms. The molecule has 1 N–H and O–H groups in total. The van der Waals surface area contributed by atoms with Crippen molar-refractivity contribution in [3.63, 3.8) is 0 Å². The summed E-state index contributed by atoms with van der Waals surface area (Å²) >= 11 is 3.20. The second kappa shape index (κ2) is 4.28.